The first-order valence-electron chi connectivity index (χ1n) is 9.83. The second-order valence-electron chi connectivity index (χ2n) is 6.96. The zero-order valence-electron chi connectivity index (χ0n) is 17.8. The fourth-order valence-electron chi connectivity index (χ4n) is 3.20. The molecular weight excluding hydrogens is 394 g/mol. The van der Waals surface area contributed by atoms with Gasteiger partial charge < -0.3 is 19.5 Å². The molecule has 0 saturated carbocycles. The number of aryl methyl sites for hydroxylation is 1. The molecule has 3 rings (SSSR count). The normalized spacial score (nSPS) is 11.3. The number of rotatable bonds is 8. The van der Waals surface area contributed by atoms with Crippen molar-refractivity contribution in [1.29, 1.82) is 0 Å². The Bertz CT molecular complexity index is 1050. The van der Waals surface area contributed by atoms with Gasteiger partial charge in [-0.1, -0.05) is 54.6 Å². The largest absolute Gasteiger partial charge is 0.496 e. The fraction of sp³-hybridized carbons (Fsp3) is 0.200. The quantitative estimate of drug-likeness (QED) is 0.545. The Morgan fingerprint density at radius 3 is 2.26 bits per heavy atom. The van der Waals surface area contributed by atoms with Crippen LogP contribution in [0.1, 0.15) is 22.8 Å². The SMILES string of the molecule is COc1ccccc1CC(=O)OC(C(=O)Nc1cc(C)ccc1OC)c1ccccc1. The van der Waals surface area contributed by atoms with E-state index in [4.69, 9.17) is 14.2 Å². The summed E-state index contributed by atoms with van der Waals surface area (Å²) in [6, 6.07) is 21.6. The molecule has 1 unspecified atom stereocenters. The molecule has 160 valence electrons. The Kier molecular flexibility index (Phi) is 7.27. The summed E-state index contributed by atoms with van der Waals surface area (Å²) in [5.74, 6) is 0.101. The van der Waals surface area contributed by atoms with Gasteiger partial charge >= 0.3 is 5.97 Å². The lowest BCUT2D eigenvalue weighted by Crippen LogP contribution is -2.26. The Hall–Kier alpha value is -3.80. The van der Waals surface area contributed by atoms with Crippen LogP contribution in [0.2, 0.25) is 0 Å². The molecule has 0 bridgehead atoms. The first-order valence-corrected chi connectivity index (χ1v) is 9.83. The highest BCUT2D eigenvalue weighted by atomic mass is 16.5. The average molecular weight is 419 g/mol. The topological polar surface area (TPSA) is 73.9 Å². The lowest BCUT2D eigenvalue weighted by Gasteiger charge is -2.19. The summed E-state index contributed by atoms with van der Waals surface area (Å²) in [5, 5.41) is 2.83. The van der Waals surface area contributed by atoms with Gasteiger partial charge in [-0.15, -0.1) is 0 Å². The third-order valence-electron chi connectivity index (χ3n) is 4.73. The number of ether oxygens (including phenoxy) is 3. The minimum atomic E-state index is -1.12. The summed E-state index contributed by atoms with van der Waals surface area (Å²) in [6.45, 7) is 1.91. The fourth-order valence-corrected chi connectivity index (χ4v) is 3.20. The number of carbonyl (C=O) groups excluding carboxylic acids is 2. The molecule has 0 spiro atoms. The molecule has 1 N–H and O–H groups in total. The van der Waals surface area contributed by atoms with E-state index < -0.39 is 18.0 Å². The number of methoxy groups -OCH3 is 2. The molecule has 0 saturated heterocycles. The van der Waals surface area contributed by atoms with Crippen LogP contribution in [0, 0.1) is 6.92 Å². The van der Waals surface area contributed by atoms with Crippen LogP contribution in [-0.2, 0) is 20.7 Å². The summed E-state index contributed by atoms with van der Waals surface area (Å²) < 4.78 is 16.3. The van der Waals surface area contributed by atoms with Crippen LogP contribution in [0.5, 0.6) is 11.5 Å². The highest BCUT2D eigenvalue weighted by molar-refractivity contribution is 5.97. The molecular formula is C25H25NO5. The van der Waals surface area contributed by atoms with Gasteiger partial charge in [-0.3, -0.25) is 9.59 Å². The minimum Gasteiger partial charge on any atom is -0.496 e. The standard InChI is InChI=1S/C25H25NO5/c1-17-13-14-22(30-3)20(15-17)26-25(28)24(18-9-5-4-6-10-18)31-23(27)16-19-11-7-8-12-21(19)29-2/h4-15,24H,16H2,1-3H3,(H,26,28). The first kappa shape index (κ1) is 21.9. The van der Waals surface area contributed by atoms with Crippen molar-refractivity contribution in [3.05, 3.63) is 89.5 Å². The van der Waals surface area contributed by atoms with E-state index in [-0.39, 0.29) is 6.42 Å². The van der Waals surface area contributed by atoms with Crippen LogP contribution < -0.4 is 14.8 Å². The number of carbonyl (C=O) groups is 2. The van der Waals surface area contributed by atoms with Crippen molar-refractivity contribution < 1.29 is 23.8 Å². The molecule has 0 radical (unpaired) electrons. The summed E-state index contributed by atoms with van der Waals surface area (Å²) in [5.41, 5.74) is 2.72. The number of amides is 1. The molecule has 1 atom stereocenters. The van der Waals surface area contributed by atoms with Gasteiger partial charge in [0.05, 0.1) is 26.3 Å². The number of para-hydroxylation sites is 1. The van der Waals surface area contributed by atoms with Gasteiger partial charge in [-0.2, -0.15) is 0 Å². The van der Waals surface area contributed by atoms with Crippen LogP contribution >= 0.6 is 0 Å². The maximum atomic E-state index is 13.1. The van der Waals surface area contributed by atoms with E-state index in [9.17, 15) is 9.59 Å². The third kappa shape index (κ3) is 5.63. The molecule has 3 aromatic rings. The average Bonchev–Trinajstić information content (AvgIpc) is 2.78. The van der Waals surface area contributed by atoms with Crippen molar-refractivity contribution in [2.75, 3.05) is 19.5 Å². The number of nitrogens with one attached hydrogen (secondary N) is 1. The van der Waals surface area contributed by atoms with Gasteiger partial charge in [0.15, 0.2) is 0 Å². The van der Waals surface area contributed by atoms with Crippen molar-refractivity contribution in [3.8, 4) is 11.5 Å². The number of hydrogen-bond acceptors (Lipinski definition) is 5. The summed E-state index contributed by atoms with van der Waals surface area (Å²) in [6.07, 6.45) is -1.14. The molecule has 3 aromatic carbocycles. The van der Waals surface area contributed by atoms with Crippen LogP contribution in [0.4, 0.5) is 5.69 Å². The smallest absolute Gasteiger partial charge is 0.311 e. The second-order valence-corrected chi connectivity index (χ2v) is 6.96. The van der Waals surface area contributed by atoms with Crippen molar-refractivity contribution in [3.63, 3.8) is 0 Å². The van der Waals surface area contributed by atoms with Gasteiger partial charge in [-0.05, 0) is 30.7 Å². The predicted molar refractivity (Wildman–Crippen MR) is 118 cm³/mol. The van der Waals surface area contributed by atoms with Crippen LogP contribution in [0.25, 0.3) is 0 Å². The Morgan fingerprint density at radius 1 is 0.871 bits per heavy atom. The van der Waals surface area contributed by atoms with E-state index in [0.29, 0.717) is 28.3 Å². The van der Waals surface area contributed by atoms with E-state index in [0.717, 1.165) is 5.56 Å². The van der Waals surface area contributed by atoms with Crippen LogP contribution in [0.3, 0.4) is 0 Å². The Balaban J connectivity index is 1.83. The summed E-state index contributed by atoms with van der Waals surface area (Å²) in [4.78, 5) is 25.9. The molecule has 6 heteroatoms. The first-order chi connectivity index (χ1) is 15.0. The lowest BCUT2D eigenvalue weighted by atomic mass is 10.1. The highest BCUT2D eigenvalue weighted by Crippen LogP contribution is 2.28. The van der Waals surface area contributed by atoms with Crippen molar-refractivity contribution in [2.24, 2.45) is 0 Å². The maximum absolute atomic E-state index is 13.1. The van der Waals surface area contributed by atoms with Gasteiger partial charge in [0.2, 0.25) is 6.10 Å². The van der Waals surface area contributed by atoms with Crippen molar-refractivity contribution in [1.82, 2.24) is 0 Å². The van der Waals surface area contributed by atoms with Gasteiger partial charge in [0.25, 0.3) is 5.91 Å². The molecule has 0 fully saturated rings. The molecule has 0 aliphatic carbocycles. The maximum Gasteiger partial charge on any atom is 0.311 e. The number of benzene rings is 3. The zero-order chi connectivity index (χ0) is 22.2. The van der Waals surface area contributed by atoms with Crippen molar-refractivity contribution >= 4 is 17.6 Å². The monoisotopic (exact) mass is 419 g/mol. The van der Waals surface area contributed by atoms with Crippen LogP contribution in [-0.4, -0.2) is 26.1 Å². The Labute approximate surface area is 181 Å². The minimum absolute atomic E-state index is 0.0195. The van der Waals surface area contributed by atoms with Gasteiger partial charge in [0, 0.05) is 11.1 Å². The number of anilines is 1. The lowest BCUT2D eigenvalue weighted by molar-refractivity contribution is -0.154. The van der Waals surface area contributed by atoms with E-state index in [1.807, 2.05) is 31.2 Å². The summed E-state index contributed by atoms with van der Waals surface area (Å²) in [7, 11) is 3.07. The van der Waals surface area contributed by atoms with Gasteiger partial charge in [-0.25, -0.2) is 0 Å². The van der Waals surface area contributed by atoms with E-state index in [2.05, 4.69) is 5.32 Å². The molecule has 0 aliphatic rings. The zero-order valence-corrected chi connectivity index (χ0v) is 17.8. The molecule has 1 amide bonds. The molecule has 6 nitrogen and oxygen atoms in total. The third-order valence-corrected chi connectivity index (χ3v) is 4.73. The predicted octanol–water partition coefficient (Wildman–Crippen LogP) is 4.48. The summed E-state index contributed by atoms with van der Waals surface area (Å²) >= 11 is 0. The van der Waals surface area contributed by atoms with Gasteiger partial charge in [0.1, 0.15) is 11.5 Å². The molecule has 0 heterocycles. The Morgan fingerprint density at radius 2 is 1.55 bits per heavy atom. The van der Waals surface area contributed by atoms with E-state index in [1.165, 1.54) is 7.11 Å². The van der Waals surface area contributed by atoms with Crippen molar-refractivity contribution in [2.45, 2.75) is 19.4 Å². The second kappa shape index (κ2) is 10.3. The molecule has 0 aromatic heterocycles. The van der Waals surface area contributed by atoms with E-state index >= 15 is 0 Å². The molecule has 31 heavy (non-hydrogen) atoms. The number of hydrogen-bond donors (Lipinski definition) is 1. The molecule has 0 aliphatic heterocycles. The highest BCUT2D eigenvalue weighted by Gasteiger charge is 2.26. The number of esters is 1. The van der Waals surface area contributed by atoms with Crippen LogP contribution in [0.15, 0.2) is 72.8 Å². The van der Waals surface area contributed by atoms with E-state index in [1.54, 1.807) is 55.6 Å².